The molecule has 0 aliphatic carbocycles. The standard InChI is InChI=1S/C14H9BrN2S/c15-12-5-1-3-10(7-12)14-17-13(9-18-14)11-4-2-6-16-8-11/h1-9H. The van der Waals surface area contributed by atoms with E-state index in [1.165, 1.54) is 0 Å². The Kier molecular flexibility index (Phi) is 3.21. The van der Waals surface area contributed by atoms with Crippen LogP contribution in [0.5, 0.6) is 0 Å². The van der Waals surface area contributed by atoms with Crippen LogP contribution < -0.4 is 0 Å². The van der Waals surface area contributed by atoms with Crippen LogP contribution in [0.25, 0.3) is 21.8 Å². The van der Waals surface area contributed by atoms with Crippen LogP contribution >= 0.6 is 27.3 Å². The highest BCUT2D eigenvalue weighted by molar-refractivity contribution is 9.10. The molecule has 0 bridgehead atoms. The first kappa shape index (κ1) is 11.6. The fraction of sp³-hybridized carbons (Fsp3) is 0. The molecule has 0 amide bonds. The molecule has 0 N–H and O–H groups in total. The van der Waals surface area contributed by atoms with Crippen molar-refractivity contribution in [3.63, 3.8) is 0 Å². The molecule has 2 heterocycles. The highest BCUT2D eigenvalue weighted by atomic mass is 79.9. The number of thiazole rings is 1. The summed E-state index contributed by atoms with van der Waals surface area (Å²) in [6.07, 6.45) is 3.60. The van der Waals surface area contributed by atoms with Crippen molar-refractivity contribution in [1.29, 1.82) is 0 Å². The largest absolute Gasteiger partial charge is 0.264 e. The van der Waals surface area contributed by atoms with E-state index in [0.29, 0.717) is 0 Å². The van der Waals surface area contributed by atoms with Crippen LogP contribution in [0.3, 0.4) is 0 Å². The Labute approximate surface area is 117 Å². The van der Waals surface area contributed by atoms with Gasteiger partial charge in [-0.3, -0.25) is 4.98 Å². The van der Waals surface area contributed by atoms with Crippen molar-refractivity contribution in [3.05, 3.63) is 58.6 Å². The number of pyridine rings is 1. The number of nitrogens with zero attached hydrogens (tertiary/aromatic N) is 2. The molecule has 0 aliphatic heterocycles. The minimum Gasteiger partial charge on any atom is -0.264 e. The molecule has 2 nitrogen and oxygen atoms in total. The minimum atomic E-state index is 0.975. The maximum Gasteiger partial charge on any atom is 0.124 e. The lowest BCUT2D eigenvalue weighted by molar-refractivity contribution is 1.31. The Morgan fingerprint density at radius 1 is 1.06 bits per heavy atom. The molecule has 18 heavy (non-hydrogen) atoms. The lowest BCUT2D eigenvalue weighted by Crippen LogP contribution is -1.80. The molecule has 0 atom stereocenters. The van der Waals surface area contributed by atoms with Crippen molar-refractivity contribution >= 4 is 27.3 Å². The second-order valence-corrected chi connectivity index (χ2v) is 5.56. The van der Waals surface area contributed by atoms with Crippen molar-refractivity contribution in [1.82, 2.24) is 9.97 Å². The fourth-order valence-electron chi connectivity index (χ4n) is 1.67. The minimum absolute atomic E-state index is 0.975. The summed E-state index contributed by atoms with van der Waals surface area (Å²) >= 11 is 5.12. The van der Waals surface area contributed by atoms with E-state index in [2.05, 4.69) is 43.4 Å². The monoisotopic (exact) mass is 316 g/mol. The molecule has 4 heteroatoms. The topological polar surface area (TPSA) is 25.8 Å². The van der Waals surface area contributed by atoms with Crippen molar-refractivity contribution < 1.29 is 0 Å². The van der Waals surface area contributed by atoms with Crippen LogP contribution in [-0.2, 0) is 0 Å². The number of benzene rings is 1. The summed E-state index contributed by atoms with van der Waals surface area (Å²) in [5.41, 5.74) is 3.16. The zero-order valence-corrected chi connectivity index (χ0v) is 11.8. The summed E-state index contributed by atoms with van der Waals surface area (Å²) in [5.74, 6) is 0. The van der Waals surface area contributed by atoms with Gasteiger partial charge in [0.1, 0.15) is 5.01 Å². The Balaban J connectivity index is 2.00. The first-order chi connectivity index (χ1) is 8.83. The van der Waals surface area contributed by atoms with Gasteiger partial charge in [0.05, 0.1) is 5.69 Å². The number of rotatable bonds is 2. The highest BCUT2D eigenvalue weighted by Crippen LogP contribution is 2.29. The third-order valence-corrected chi connectivity index (χ3v) is 3.92. The maximum absolute atomic E-state index is 4.65. The molecule has 0 spiro atoms. The van der Waals surface area contributed by atoms with Gasteiger partial charge < -0.3 is 0 Å². The molecule has 3 rings (SSSR count). The molecule has 0 radical (unpaired) electrons. The van der Waals surface area contributed by atoms with Crippen LogP contribution in [0, 0.1) is 0 Å². The predicted molar refractivity (Wildman–Crippen MR) is 78.5 cm³/mol. The SMILES string of the molecule is Brc1cccc(-c2nc(-c3cccnc3)cs2)c1. The molecular weight excluding hydrogens is 308 g/mol. The van der Waals surface area contributed by atoms with Crippen LogP contribution in [-0.4, -0.2) is 9.97 Å². The van der Waals surface area contributed by atoms with Crippen molar-refractivity contribution in [2.45, 2.75) is 0 Å². The average molecular weight is 317 g/mol. The zero-order chi connectivity index (χ0) is 12.4. The van der Waals surface area contributed by atoms with Gasteiger partial charge in [0.2, 0.25) is 0 Å². The lowest BCUT2D eigenvalue weighted by atomic mass is 10.2. The van der Waals surface area contributed by atoms with Gasteiger partial charge in [-0.15, -0.1) is 11.3 Å². The van der Waals surface area contributed by atoms with Crippen LogP contribution in [0.1, 0.15) is 0 Å². The van der Waals surface area contributed by atoms with Crippen LogP contribution in [0.4, 0.5) is 0 Å². The second kappa shape index (κ2) is 5.00. The zero-order valence-electron chi connectivity index (χ0n) is 9.38. The first-order valence-electron chi connectivity index (χ1n) is 5.45. The molecule has 0 saturated carbocycles. The summed E-state index contributed by atoms with van der Waals surface area (Å²) in [6.45, 7) is 0. The number of hydrogen-bond acceptors (Lipinski definition) is 3. The summed E-state index contributed by atoms with van der Waals surface area (Å²) in [6, 6.07) is 12.1. The Bertz CT molecular complexity index is 664. The Hall–Kier alpha value is -1.52. The average Bonchev–Trinajstić information content (AvgIpc) is 2.89. The van der Waals surface area contributed by atoms with Gasteiger partial charge in [0.25, 0.3) is 0 Å². The van der Waals surface area contributed by atoms with E-state index in [4.69, 9.17) is 0 Å². The van der Waals surface area contributed by atoms with Gasteiger partial charge in [-0.1, -0.05) is 28.1 Å². The van der Waals surface area contributed by atoms with E-state index < -0.39 is 0 Å². The molecule has 1 aromatic carbocycles. The van der Waals surface area contributed by atoms with Gasteiger partial charge in [0.15, 0.2) is 0 Å². The molecule has 0 aliphatic rings. The summed E-state index contributed by atoms with van der Waals surface area (Å²) in [4.78, 5) is 8.76. The Morgan fingerprint density at radius 3 is 2.72 bits per heavy atom. The lowest BCUT2D eigenvalue weighted by Gasteiger charge is -1.97. The van der Waals surface area contributed by atoms with Crippen molar-refractivity contribution in [2.75, 3.05) is 0 Å². The van der Waals surface area contributed by atoms with E-state index in [1.54, 1.807) is 17.5 Å². The van der Waals surface area contributed by atoms with Gasteiger partial charge in [-0.2, -0.15) is 0 Å². The van der Waals surface area contributed by atoms with E-state index in [0.717, 1.165) is 26.3 Å². The molecule has 3 aromatic rings. The molecule has 2 aromatic heterocycles. The van der Waals surface area contributed by atoms with E-state index in [9.17, 15) is 0 Å². The third-order valence-electron chi connectivity index (χ3n) is 2.53. The van der Waals surface area contributed by atoms with Crippen molar-refractivity contribution in [3.8, 4) is 21.8 Å². The van der Waals surface area contributed by atoms with Gasteiger partial charge in [-0.25, -0.2) is 4.98 Å². The van der Waals surface area contributed by atoms with Gasteiger partial charge >= 0.3 is 0 Å². The third kappa shape index (κ3) is 2.35. The number of aromatic nitrogens is 2. The summed E-state index contributed by atoms with van der Waals surface area (Å²) in [5, 5.41) is 3.09. The number of halogens is 1. The Morgan fingerprint density at radius 2 is 1.94 bits per heavy atom. The highest BCUT2D eigenvalue weighted by Gasteiger charge is 2.06. The van der Waals surface area contributed by atoms with Gasteiger partial charge in [0, 0.05) is 33.4 Å². The van der Waals surface area contributed by atoms with Crippen LogP contribution in [0.15, 0.2) is 58.6 Å². The quantitative estimate of drug-likeness (QED) is 0.688. The molecule has 0 fully saturated rings. The summed E-state index contributed by atoms with van der Waals surface area (Å²) < 4.78 is 1.07. The second-order valence-electron chi connectivity index (χ2n) is 3.79. The predicted octanol–water partition coefficient (Wildman–Crippen LogP) is 4.63. The molecular formula is C14H9BrN2S. The number of hydrogen-bond donors (Lipinski definition) is 0. The van der Waals surface area contributed by atoms with E-state index in [1.807, 2.05) is 30.5 Å². The molecule has 0 saturated heterocycles. The fourth-order valence-corrected chi connectivity index (χ4v) is 2.90. The molecule has 88 valence electrons. The summed E-state index contributed by atoms with van der Waals surface area (Å²) in [7, 11) is 0. The van der Waals surface area contributed by atoms with Crippen LogP contribution in [0.2, 0.25) is 0 Å². The first-order valence-corrected chi connectivity index (χ1v) is 7.12. The molecule has 0 unspecified atom stereocenters. The smallest absolute Gasteiger partial charge is 0.124 e. The van der Waals surface area contributed by atoms with Crippen molar-refractivity contribution in [2.24, 2.45) is 0 Å². The maximum atomic E-state index is 4.65. The van der Waals surface area contributed by atoms with E-state index >= 15 is 0 Å². The van der Waals surface area contributed by atoms with Gasteiger partial charge in [-0.05, 0) is 24.3 Å². The van der Waals surface area contributed by atoms with E-state index in [-0.39, 0.29) is 0 Å². The normalized spacial score (nSPS) is 10.5.